The summed E-state index contributed by atoms with van der Waals surface area (Å²) in [7, 11) is 0. The summed E-state index contributed by atoms with van der Waals surface area (Å²) in [5.41, 5.74) is 1.23. The fourth-order valence-corrected chi connectivity index (χ4v) is 2.92. The number of aryl methyl sites for hydroxylation is 1. The lowest BCUT2D eigenvalue weighted by Gasteiger charge is -2.14. The van der Waals surface area contributed by atoms with Gasteiger partial charge in [-0.3, -0.25) is 9.59 Å². The van der Waals surface area contributed by atoms with E-state index < -0.39 is 11.9 Å². The maximum absolute atomic E-state index is 12.5. The summed E-state index contributed by atoms with van der Waals surface area (Å²) >= 11 is 6.08. The van der Waals surface area contributed by atoms with Crippen LogP contribution in [0, 0.1) is 12.8 Å². The van der Waals surface area contributed by atoms with Crippen molar-refractivity contribution in [1.82, 2.24) is 4.90 Å². The molecule has 0 aliphatic carbocycles. The van der Waals surface area contributed by atoms with Gasteiger partial charge in [-0.15, -0.1) is 0 Å². The second-order valence-electron chi connectivity index (χ2n) is 5.25. The summed E-state index contributed by atoms with van der Waals surface area (Å²) in [4.78, 5) is 25.0. The highest BCUT2D eigenvalue weighted by Crippen LogP contribution is 2.32. The first-order chi connectivity index (χ1) is 9.99. The van der Waals surface area contributed by atoms with E-state index in [1.54, 1.807) is 19.1 Å². The number of furan rings is 1. The molecule has 1 amide bonds. The largest absolute Gasteiger partial charge is 0.481 e. The van der Waals surface area contributed by atoms with Gasteiger partial charge in [-0.25, -0.2) is 0 Å². The monoisotopic (exact) mass is 307 g/mol. The van der Waals surface area contributed by atoms with Crippen LogP contribution < -0.4 is 0 Å². The number of halogens is 1. The van der Waals surface area contributed by atoms with Crippen molar-refractivity contribution in [2.75, 3.05) is 13.1 Å². The third-order valence-corrected chi connectivity index (χ3v) is 4.23. The van der Waals surface area contributed by atoms with Crippen molar-refractivity contribution < 1.29 is 19.1 Å². The zero-order chi connectivity index (χ0) is 15.1. The third-order valence-electron chi connectivity index (χ3n) is 3.93. The zero-order valence-electron chi connectivity index (χ0n) is 11.4. The molecule has 3 rings (SSSR count). The van der Waals surface area contributed by atoms with Gasteiger partial charge in [-0.1, -0.05) is 23.7 Å². The summed E-state index contributed by atoms with van der Waals surface area (Å²) in [6.45, 7) is 2.46. The van der Waals surface area contributed by atoms with Gasteiger partial charge >= 0.3 is 5.97 Å². The van der Waals surface area contributed by atoms with Crippen molar-refractivity contribution in [3.63, 3.8) is 0 Å². The van der Waals surface area contributed by atoms with Crippen molar-refractivity contribution in [3.8, 4) is 0 Å². The fraction of sp³-hybridized carbons (Fsp3) is 0.333. The smallest absolute Gasteiger partial charge is 0.308 e. The Hall–Kier alpha value is -2.01. The molecule has 1 atom stereocenters. The SMILES string of the molecule is Cc1c(C(=O)N2CC[C@@H](C(=O)O)C2)oc2c(Cl)cccc12. The molecule has 1 N–H and O–H groups in total. The number of carbonyl (C=O) groups is 2. The van der Waals surface area contributed by atoms with E-state index in [0.29, 0.717) is 23.6 Å². The molecular weight excluding hydrogens is 294 g/mol. The van der Waals surface area contributed by atoms with Crippen molar-refractivity contribution in [2.45, 2.75) is 13.3 Å². The minimum absolute atomic E-state index is 0.221. The van der Waals surface area contributed by atoms with Crippen LogP contribution >= 0.6 is 11.6 Å². The first kappa shape index (κ1) is 13.9. The Bertz CT molecular complexity index is 737. The van der Waals surface area contributed by atoms with Crippen molar-refractivity contribution in [3.05, 3.63) is 34.5 Å². The van der Waals surface area contributed by atoms with E-state index in [-0.39, 0.29) is 18.2 Å². The second kappa shape index (κ2) is 5.07. The molecule has 1 fully saturated rings. The van der Waals surface area contributed by atoms with Gasteiger partial charge in [0.05, 0.1) is 10.9 Å². The Morgan fingerprint density at radius 3 is 2.81 bits per heavy atom. The van der Waals surface area contributed by atoms with Crippen LogP contribution in [0.3, 0.4) is 0 Å². The molecule has 6 heteroatoms. The van der Waals surface area contributed by atoms with E-state index in [0.717, 1.165) is 10.9 Å². The first-order valence-corrected chi connectivity index (χ1v) is 7.06. The van der Waals surface area contributed by atoms with Crippen LogP contribution in [0.4, 0.5) is 0 Å². The average molecular weight is 308 g/mol. The number of benzene rings is 1. The predicted octanol–water partition coefficient (Wildman–Crippen LogP) is 2.94. The molecule has 0 radical (unpaired) electrons. The number of carbonyl (C=O) groups excluding carboxylic acids is 1. The standard InChI is InChI=1S/C15H14ClNO4/c1-8-10-3-2-4-11(16)13(10)21-12(8)14(18)17-6-5-9(7-17)15(19)20/h2-4,9H,5-7H2,1H3,(H,19,20)/t9-/m1/s1. The summed E-state index contributed by atoms with van der Waals surface area (Å²) in [5.74, 6) is -1.40. The molecule has 1 aromatic heterocycles. The highest BCUT2D eigenvalue weighted by Gasteiger charge is 2.33. The molecule has 0 unspecified atom stereocenters. The molecule has 0 saturated carbocycles. The number of rotatable bonds is 2. The maximum atomic E-state index is 12.5. The Labute approximate surface area is 126 Å². The average Bonchev–Trinajstić information content (AvgIpc) is 3.05. The summed E-state index contributed by atoms with van der Waals surface area (Å²) < 4.78 is 5.63. The number of amides is 1. The van der Waals surface area contributed by atoms with Crippen molar-refractivity contribution in [2.24, 2.45) is 5.92 Å². The number of likely N-dealkylation sites (tertiary alicyclic amines) is 1. The maximum Gasteiger partial charge on any atom is 0.308 e. The number of fused-ring (bicyclic) bond motifs is 1. The molecule has 1 aliphatic rings. The van der Waals surface area contributed by atoms with Gasteiger partial charge in [0.2, 0.25) is 0 Å². The normalized spacial score (nSPS) is 18.4. The fourth-order valence-electron chi connectivity index (χ4n) is 2.70. The molecule has 110 valence electrons. The number of carboxylic acids is 1. The number of para-hydroxylation sites is 1. The highest BCUT2D eigenvalue weighted by molar-refractivity contribution is 6.35. The predicted molar refractivity (Wildman–Crippen MR) is 77.6 cm³/mol. The van der Waals surface area contributed by atoms with Crippen LogP contribution in [0.25, 0.3) is 11.0 Å². The minimum Gasteiger partial charge on any atom is -0.481 e. The molecule has 1 saturated heterocycles. The van der Waals surface area contributed by atoms with Crippen molar-refractivity contribution >= 4 is 34.4 Å². The van der Waals surface area contributed by atoms with Gasteiger partial charge in [0.1, 0.15) is 0 Å². The van der Waals surface area contributed by atoms with Crippen LogP contribution in [-0.2, 0) is 4.79 Å². The van der Waals surface area contributed by atoms with Gasteiger partial charge in [-0.2, -0.15) is 0 Å². The van der Waals surface area contributed by atoms with E-state index in [1.165, 1.54) is 4.90 Å². The quantitative estimate of drug-likeness (QED) is 0.926. The minimum atomic E-state index is -0.866. The molecule has 2 heterocycles. The molecule has 21 heavy (non-hydrogen) atoms. The van der Waals surface area contributed by atoms with Gasteiger partial charge < -0.3 is 14.4 Å². The number of hydrogen-bond donors (Lipinski definition) is 1. The van der Waals surface area contributed by atoms with Gasteiger partial charge in [-0.05, 0) is 19.4 Å². The van der Waals surface area contributed by atoms with Gasteiger partial charge in [0, 0.05) is 24.0 Å². The topological polar surface area (TPSA) is 70.8 Å². The van der Waals surface area contributed by atoms with Crippen LogP contribution in [0.2, 0.25) is 5.02 Å². The van der Waals surface area contributed by atoms with Crippen LogP contribution in [0.1, 0.15) is 22.5 Å². The van der Waals surface area contributed by atoms with E-state index in [1.807, 2.05) is 6.07 Å². The van der Waals surface area contributed by atoms with E-state index in [9.17, 15) is 9.59 Å². The summed E-state index contributed by atoms with van der Waals surface area (Å²) in [5, 5.41) is 10.3. The van der Waals surface area contributed by atoms with Gasteiger partial charge in [0.25, 0.3) is 5.91 Å². The molecule has 5 nitrogen and oxygen atoms in total. The Kier molecular flexibility index (Phi) is 3.37. The molecule has 2 aromatic rings. The molecule has 0 spiro atoms. The van der Waals surface area contributed by atoms with Crippen LogP contribution in [0.5, 0.6) is 0 Å². The van der Waals surface area contributed by atoms with Gasteiger partial charge in [0.15, 0.2) is 11.3 Å². The lowest BCUT2D eigenvalue weighted by molar-refractivity contribution is -0.141. The molecular formula is C15H14ClNO4. The number of aliphatic carboxylic acids is 1. The Morgan fingerprint density at radius 1 is 1.43 bits per heavy atom. The van der Waals surface area contributed by atoms with E-state index in [4.69, 9.17) is 21.1 Å². The number of hydrogen-bond acceptors (Lipinski definition) is 3. The number of nitrogens with zero attached hydrogens (tertiary/aromatic N) is 1. The second-order valence-corrected chi connectivity index (χ2v) is 5.65. The Morgan fingerprint density at radius 2 is 2.19 bits per heavy atom. The van der Waals surface area contributed by atoms with Crippen molar-refractivity contribution in [1.29, 1.82) is 0 Å². The van der Waals surface area contributed by atoms with Crippen LogP contribution in [0.15, 0.2) is 22.6 Å². The first-order valence-electron chi connectivity index (χ1n) is 6.68. The summed E-state index contributed by atoms with van der Waals surface area (Å²) in [6.07, 6.45) is 0.473. The van der Waals surface area contributed by atoms with Crippen LogP contribution in [-0.4, -0.2) is 35.0 Å². The molecule has 1 aromatic carbocycles. The lowest BCUT2D eigenvalue weighted by atomic mass is 10.1. The summed E-state index contributed by atoms with van der Waals surface area (Å²) in [6, 6.07) is 5.36. The molecule has 1 aliphatic heterocycles. The van der Waals surface area contributed by atoms with E-state index in [2.05, 4.69) is 0 Å². The number of carboxylic acid groups (broad SMARTS) is 1. The molecule has 0 bridgehead atoms. The Balaban J connectivity index is 1.94. The highest BCUT2D eigenvalue weighted by atomic mass is 35.5. The zero-order valence-corrected chi connectivity index (χ0v) is 12.2. The third kappa shape index (κ3) is 2.27. The van der Waals surface area contributed by atoms with E-state index >= 15 is 0 Å². The lowest BCUT2D eigenvalue weighted by Crippen LogP contribution is -2.30.